The lowest BCUT2D eigenvalue weighted by atomic mass is 9.82. The quantitative estimate of drug-likeness (QED) is 0.844. The van der Waals surface area contributed by atoms with Gasteiger partial charge in [0, 0.05) is 23.9 Å². The molecule has 0 radical (unpaired) electrons. The van der Waals surface area contributed by atoms with Gasteiger partial charge < -0.3 is 10.0 Å². The zero-order valence-electron chi connectivity index (χ0n) is 9.66. The van der Waals surface area contributed by atoms with Gasteiger partial charge in [0.1, 0.15) is 6.17 Å². The van der Waals surface area contributed by atoms with Crippen LogP contribution in [0.3, 0.4) is 0 Å². The number of aliphatic hydroxyl groups is 1. The maximum Gasteiger partial charge on any atom is 0.209 e. The Morgan fingerprint density at radius 2 is 1.94 bits per heavy atom. The maximum atomic E-state index is 9.55. The second-order valence-corrected chi connectivity index (χ2v) is 4.65. The highest BCUT2D eigenvalue weighted by Gasteiger charge is 2.32. The lowest BCUT2D eigenvalue weighted by Gasteiger charge is -2.39. The van der Waals surface area contributed by atoms with E-state index in [0.717, 1.165) is 5.69 Å². The van der Waals surface area contributed by atoms with E-state index in [1.54, 1.807) is 6.08 Å². The highest BCUT2D eigenvalue weighted by molar-refractivity contribution is 5.87. The van der Waals surface area contributed by atoms with Crippen LogP contribution in [0.15, 0.2) is 47.6 Å². The van der Waals surface area contributed by atoms with Crippen molar-refractivity contribution < 1.29 is 5.11 Å². The Balaban J connectivity index is 1.89. The van der Waals surface area contributed by atoms with Crippen LogP contribution < -0.4 is 4.90 Å². The molecule has 1 fully saturated rings. The van der Waals surface area contributed by atoms with Crippen LogP contribution in [0.4, 0.5) is 5.69 Å². The highest BCUT2D eigenvalue weighted by atomic mass is 16.3. The normalized spacial score (nSPS) is 24.4. The second kappa shape index (κ2) is 4.24. The number of hydrogen-bond donors (Lipinski definition) is 1. The molecular formula is C14H16N2O. The van der Waals surface area contributed by atoms with Gasteiger partial charge in [-0.3, -0.25) is 0 Å². The lowest BCUT2D eigenvalue weighted by Crippen LogP contribution is -2.41. The van der Waals surface area contributed by atoms with E-state index in [9.17, 15) is 5.11 Å². The third kappa shape index (κ3) is 1.93. The molecule has 1 saturated carbocycles. The van der Waals surface area contributed by atoms with Crippen LogP contribution in [0.25, 0.3) is 0 Å². The number of benzene rings is 1. The van der Waals surface area contributed by atoms with Crippen LogP contribution in [0.1, 0.15) is 19.3 Å². The predicted molar refractivity (Wildman–Crippen MR) is 69.3 cm³/mol. The first-order chi connectivity index (χ1) is 8.34. The van der Waals surface area contributed by atoms with Crippen molar-refractivity contribution in [1.29, 1.82) is 0 Å². The molecule has 0 bridgehead atoms. The Hall–Kier alpha value is -1.77. The fourth-order valence-corrected chi connectivity index (χ4v) is 2.39. The van der Waals surface area contributed by atoms with Crippen molar-refractivity contribution >= 4 is 11.6 Å². The van der Waals surface area contributed by atoms with Crippen LogP contribution >= 0.6 is 0 Å². The van der Waals surface area contributed by atoms with Gasteiger partial charge in [0.05, 0.1) is 0 Å². The number of rotatable bonds is 2. The van der Waals surface area contributed by atoms with Gasteiger partial charge in [0.2, 0.25) is 5.90 Å². The molecule has 1 heterocycles. The topological polar surface area (TPSA) is 35.8 Å². The number of nitrogens with zero attached hydrogens (tertiary/aromatic N) is 2. The van der Waals surface area contributed by atoms with Gasteiger partial charge in [-0.15, -0.1) is 0 Å². The average Bonchev–Trinajstić information content (AvgIpc) is 2.28. The van der Waals surface area contributed by atoms with Crippen molar-refractivity contribution in [1.82, 2.24) is 0 Å². The molecule has 0 saturated heterocycles. The molecule has 1 aromatic rings. The average molecular weight is 228 g/mol. The van der Waals surface area contributed by atoms with E-state index in [4.69, 9.17) is 0 Å². The number of aliphatic hydroxyl groups excluding tert-OH is 1. The molecule has 0 amide bonds. The van der Waals surface area contributed by atoms with E-state index in [1.165, 1.54) is 19.3 Å². The molecular weight excluding hydrogens is 212 g/mol. The molecule has 1 aliphatic carbocycles. The van der Waals surface area contributed by atoms with Crippen LogP contribution in [-0.4, -0.2) is 17.2 Å². The third-order valence-corrected chi connectivity index (χ3v) is 3.56. The zero-order chi connectivity index (χ0) is 11.7. The first-order valence-corrected chi connectivity index (χ1v) is 6.13. The van der Waals surface area contributed by atoms with Crippen molar-refractivity contribution in [3.63, 3.8) is 0 Å². The van der Waals surface area contributed by atoms with Crippen LogP contribution in [0.2, 0.25) is 0 Å². The van der Waals surface area contributed by atoms with Gasteiger partial charge in [0.15, 0.2) is 0 Å². The summed E-state index contributed by atoms with van der Waals surface area (Å²) in [6, 6.07) is 10.2. The Morgan fingerprint density at radius 1 is 1.18 bits per heavy atom. The van der Waals surface area contributed by atoms with Crippen LogP contribution in [0.5, 0.6) is 0 Å². The number of aliphatic imine (C=N–C) groups is 1. The van der Waals surface area contributed by atoms with Crippen molar-refractivity contribution in [3.8, 4) is 0 Å². The molecule has 3 rings (SSSR count). The largest absolute Gasteiger partial charge is 0.493 e. The SMILES string of the molecule is OC1=NC(C2CCC2)N(c2ccccc2)C=C1. The summed E-state index contributed by atoms with van der Waals surface area (Å²) in [4.78, 5) is 6.53. The van der Waals surface area contributed by atoms with Crippen LogP contribution in [0, 0.1) is 5.92 Å². The van der Waals surface area contributed by atoms with Gasteiger partial charge >= 0.3 is 0 Å². The minimum Gasteiger partial charge on any atom is -0.493 e. The molecule has 0 aromatic heterocycles. The minimum absolute atomic E-state index is 0.0659. The summed E-state index contributed by atoms with van der Waals surface area (Å²) in [5.41, 5.74) is 1.14. The first-order valence-electron chi connectivity index (χ1n) is 6.13. The molecule has 3 nitrogen and oxygen atoms in total. The van der Waals surface area contributed by atoms with Crippen LogP contribution in [-0.2, 0) is 0 Å². The standard InChI is InChI=1S/C14H16N2O/c17-13-9-10-16(12-7-2-1-3-8-12)14(15-13)11-5-4-6-11/h1-3,7-11,14H,4-6H2,(H,15,17). The molecule has 3 heteroatoms. The Labute approximate surface area is 101 Å². The fourth-order valence-electron chi connectivity index (χ4n) is 2.39. The molecule has 17 heavy (non-hydrogen) atoms. The molecule has 2 aliphatic rings. The van der Waals surface area contributed by atoms with Crippen molar-refractivity contribution in [2.24, 2.45) is 10.9 Å². The lowest BCUT2D eigenvalue weighted by molar-refractivity contribution is 0.261. The fraction of sp³-hybridized carbons (Fsp3) is 0.357. The second-order valence-electron chi connectivity index (χ2n) is 4.65. The Kier molecular flexibility index (Phi) is 2.59. The molecule has 1 atom stereocenters. The molecule has 1 aromatic carbocycles. The van der Waals surface area contributed by atoms with Gasteiger partial charge in [-0.05, 0) is 25.0 Å². The summed E-state index contributed by atoms with van der Waals surface area (Å²) in [5, 5.41) is 9.55. The van der Waals surface area contributed by atoms with Gasteiger partial charge in [-0.25, -0.2) is 4.99 Å². The van der Waals surface area contributed by atoms with E-state index in [2.05, 4.69) is 22.0 Å². The Bertz CT molecular complexity index is 449. The highest BCUT2D eigenvalue weighted by Crippen LogP contribution is 2.36. The maximum absolute atomic E-state index is 9.55. The summed E-state index contributed by atoms with van der Waals surface area (Å²) in [6.07, 6.45) is 7.35. The minimum atomic E-state index is 0.0659. The van der Waals surface area contributed by atoms with E-state index in [0.29, 0.717) is 5.92 Å². The summed E-state index contributed by atoms with van der Waals surface area (Å²) >= 11 is 0. The monoisotopic (exact) mass is 228 g/mol. The summed E-state index contributed by atoms with van der Waals surface area (Å²) in [5.74, 6) is 0.719. The van der Waals surface area contributed by atoms with Crippen molar-refractivity contribution in [2.75, 3.05) is 4.90 Å². The molecule has 1 aliphatic heterocycles. The smallest absolute Gasteiger partial charge is 0.209 e. The molecule has 0 spiro atoms. The molecule has 1 N–H and O–H groups in total. The summed E-state index contributed by atoms with van der Waals surface area (Å²) < 4.78 is 0. The van der Waals surface area contributed by atoms with E-state index in [1.807, 2.05) is 24.4 Å². The number of anilines is 1. The number of para-hydroxylation sites is 1. The molecule has 88 valence electrons. The Morgan fingerprint density at radius 3 is 2.59 bits per heavy atom. The van der Waals surface area contributed by atoms with Gasteiger partial charge in [-0.1, -0.05) is 24.6 Å². The van der Waals surface area contributed by atoms with E-state index >= 15 is 0 Å². The predicted octanol–water partition coefficient (Wildman–Crippen LogP) is 3.10. The number of hydrogen-bond acceptors (Lipinski definition) is 2. The summed E-state index contributed by atoms with van der Waals surface area (Å²) in [6.45, 7) is 0. The van der Waals surface area contributed by atoms with E-state index in [-0.39, 0.29) is 12.1 Å². The third-order valence-electron chi connectivity index (χ3n) is 3.56. The van der Waals surface area contributed by atoms with Crippen molar-refractivity contribution in [2.45, 2.75) is 25.4 Å². The van der Waals surface area contributed by atoms with Gasteiger partial charge in [-0.2, -0.15) is 0 Å². The van der Waals surface area contributed by atoms with Crippen molar-refractivity contribution in [3.05, 3.63) is 42.6 Å². The summed E-state index contributed by atoms with van der Waals surface area (Å²) in [7, 11) is 0. The molecule has 1 unspecified atom stereocenters. The zero-order valence-corrected chi connectivity index (χ0v) is 9.66. The first kappa shape index (κ1) is 10.4. The van der Waals surface area contributed by atoms with Gasteiger partial charge in [0.25, 0.3) is 0 Å². The van der Waals surface area contributed by atoms with E-state index < -0.39 is 0 Å².